The SMILES string of the molecule is O=C(CCCl)Nc1ccccc1-c1nc2ccccc2[nH]1. The highest BCUT2D eigenvalue weighted by Gasteiger charge is 2.11. The molecular formula is C16H14ClN3O. The largest absolute Gasteiger partial charge is 0.338 e. The summed E-state index contributed by atoms with van der Waals surface area (Å²) in [5.41, 5.74) is 3.45. The van der Waals surface area contributed by atoms with E-state index in [1.807, 2.05) is 48.5 Å². The van der Waals surface area contributed by atoms with Crippen LogP contribution in [0.1, 0.15) is 6.42 Å². The standard InChI is InChI=1S/C16H14ClN3O/c17-10-9-15(21)18-12-6-2-1-5-11(12)16-19-13-7-3-4-8-14(13)20-16/h1-8H,9-10H2,(H,18,21)(H,19,20). The van der Waals surface area contributed by atoms with Crippen LogP contribution in [0.3, 0.4) is 0 Å². The molecule has 2 N–H and O–H groups in total. The van der Waals surface area contributed by atoms with Crippen molar-refractivity contribution < 1.29 is 4.79 Å². The lowest BCUT2D eigenvalue weighted by molar-refractivity contribution is -0.115. The molecule has 0 aliphatic rings. The van der Waals surface area contributed by atoms with Crippen LogP contribution < -0.4 is 5.32 Å². The van der Waals surface area contributed by atoms with Crippen molar-refractivity contribution in [3.8, 4) is 11.4 Å². The normalized spacial score (nSPS) is 10.7. The van der Waals surface area contributed by atoms with E-state index >= 15 is 0 Å². The minimum Gasteiger partial charge on any atom is -0.338 e. The van der Waals surface area contributed by atoms with E-state index in [1.54, 1.807) is 0 Å². The first-order valence-electron chi connectivity index (χ1n) is 6.68. The summed E-state index contributed by atoms with van der Waals surface area (Å²) in [6, 6.07) is 15.4. The molecule has 0 saturated heterocycles. The molecule has 0 aliphatic carbocycles. The Kier molecular flexibility index (Phi) is 3.88. The Balaban J connectivity index is 1.99. The molecule has 0 saturated carbocycles. The van der Waals surface area contributed by atoms with Crippen LogP contribution in [0, 0.1) is 0 Å². The molecule has 4 nitrogen and oxygen atoms in total. The molecule has 5 heteroatoms. The Morgan fingerprint density at radius 2 is 1.90 bits per heavy atom. The number of carbonyl (C=O) groups is 1. The zero-order valence-electron chi connectivity index (χ0n) is 11.3. The van der Waals surface area contributed by atoms with Crippen LogP contribution >= 0.6 is 11.6 Å². The number of imidazole rings is 1. The van der Waals surface area contributed by atoms with E-state index in [-0.39, 0.29) is 12.3 Å². The highest BCUT2D eigenvalue weighted by Crippen LogP contribution is 2.27. The minimum atomic E-state index is -0.103. The monoisotopic (exact) mass is 299 g/mol. The number of H-pyrrole nitrogens is 1. The van der Waals surface area contributed by atoms with Gasteiger partial charge in [-0.05, 0) is 24.3 Å². The first-order chi connectivity index (χ1) is 10.3. The third-order valence-corrected chi connectivity index (χ3v) is 3.36. The van der Waals surface area contributed by atoms with Gasteiger partial charge in [-0.1, -0.05) is 24.3 Å². The quantitative estimate of drug-likeness (QED) is 0.720. The number of halogens is 1. The molecule has 0 spiro atoms. The molecule has 106 valence electrons. The Morgan fingerprint density at radius 1 is 1.14 bits per heavy atom. The lowest BCUT2D eigenvalue weighted by Gasteiger charge is -2.08. The van der Waals surface area contributed by atoms with Gasteiger partial charge in [0.1, 0.15) is 5.82 Å². The summed E-state index contributed by atoms with van der Waals surface area (Å²) in [5.74, 6) is 0.935. The molecule has 0 radical (unpaired) electrons. The molecule has 2 aromatic carbocycles. The van der Waals surface area contributed by atoms with E-state index < -0.39 is 0 Å². The van der Waals surface area contributed by atoms with E-state index in [0.717, 1.165) is 28.1 Å². The van der Waals surface area contributed by atoms with Crippen molar-refractivity contribution in [3.63, 3.8) is 0 Å². The van der Waals surface area contributed by atoms with Gasteiger partial charge in [0.25, 0.3) is 0 Å². The van der Waals surface area contributed by atoms with Crippen LogP contribution in [0.4, 0.5) is 5.69 Å². The average molecular weight is 300 g/mol. The van der Waals surface area contributed by atoms with Gasteiger partial charge in [-0.15, -0.1) is 11.6 Å². The van der Waals surface area contributed by atoms with E-state index in [2.05, 4.69) is 15.3 Å². The summed E-state index contributed by atoms with van der Waals surface area (Å²) in [6.07, 6.45) is 0.288. The molecular weight excluding hydrogens is 286 g/mol. The maximum Gasteiger partial charge on any atom is 0.225 e. The predicted octanol–water partition coefficient (Wildman–Crippen LogP) is 3.80. The van der Waals surface area contributed by atoms with Crippen LogP contribution in [-0.4, -0.2) is 21.8 Å². The van der Waals surface area contributed by atoms with E-state index in [4.69, 9.17) is 11.6 Å². The van der Waals surface area contributed by atoms with Crippen molar-refractivity contribution in [3.05, 3.63) is 48.5 Å². The fourth-order valence-corrected chi connectivity index (χ4v) is 2.35. The minimum absolute atomic E-state index is 0.103. The van der Waals surface area contributed by atoms with Crippen LogP contribution in [0.2, 0.25) is 0 Å². The highest BCUT2D eigenvalue weighted by molar-refractivity contribution is 6.19. The number of rotatable bonds is 4. The number of nitrogens with zero attached hydrogens (tertiary/aromatic N) is 1. The van der Waals surface area contributed by atoms with Crippen molar-refractivity contribution in [2.45, 2.75) is 6.42 Å². The maximum atomic E-state index is 11.7. The number of hydrogen-bond donors (Lipinski definition) is 2. The fourth-order valence-electron chi connectivity index (χ4n) is 2.18. The Hall–Kier alpha value is -2.33. The van der Waals surface area contributed by atoms with Crippen molar-refractivity contribution in [2.75, 3.05) is 11.2 Å². The second-order valence-electron chi connectivity index (χ2n) is 4.64. The number of aromatic amines is 1. The van der Waals surface area contributed by atoms with Crippen molar-refractivity contribution >= 4 is 34.2 Å². The van der Waals surface area contributed by atoms with Crippen LogP contribution in [0.15, 0.2) is 48.5 Å². The molecule has 1 aromatic heterocycles. The summed E-state index contributed by atoms with van der Waals surface area (Å²) in [5, 5.41) is 2.87. The molecule has 1 heterocycles. The number of anilines is 1. The fraction of sp³-hybridized carbons (Fsp3) is 0.125. The summed E-state index contributed by atoms with van der Waals surface area (Å²) < 4.78 is 0. The number of nitrogens with one attached hydrogen (secondary N) is 2. The van der Waals surface area contributed by atoms with Gasteiger partial charge < -0.3 is 10.3 Å². The molecule has 0 atom stereocenters. The number of alkyl halides is 1. The third kappa shape index (κ3) is 2.90. The summed E-state index contributed by atoms with van der Waals surface area (Å²) in [6.45, 7) is 0. The topological polar surface area (TPSA) is 57.8 Å². The highest BCUT2D eigenvalue weighted by atomic mass is 35.5. The first kappa shape index (κ1) is 13.6. The number of fused-ring (bicyclic) bond motifs is 1. The Labute approximate surface area is 127 Å². The van der Waals surface area contributed by atoms with E-state index in [1.165, 1.54) is 0 Å². The molecule has 3 aromatic rings. The average Bonchev–Trinajstić information content (AvgIpc) is 2.91. The molecule has 0 bridgehead atoms. The van der Waals surface area contributed by atoms with Gasteiger partial charge in [0.2, 0.25) is 5.91 Å². The summed E-state index contributed by atoms with van der Waals surface area (Å²) in [7, 11) is 0. The van der Waals surface area contributed by atoms with E-state index in [0.29, 0.717) is 5.88 Å². The number of para-hydroxylation sites is 3. The summed E-state index contributed by atoms with van der Waals surface area (Å²) in [4.78, 5) is 19.6. The lowest BCUT2D eigenvalue weighted by Crippen LogP contribution is -2.12. The third-order valence-electron chi connectivity index (χ3n) is 3.17. The number of carbonyl (C=O) groups excluding carboxylic acids is 1. The van der Waals surface area contributed by atoms with Crippen LogP contribution in [0.5, 0.6) is 0 Å². The van der Waals surface area contributed by atoms with Crippen molar-refractivity contribution in [2.24, 2.45) is 0 Å². The molecule has 0 unspecified atom stereocenters. The van der Waals surface area contributed by atoms with Crippen molar-refractivity contribution in [1.82, 2.24) is 9.97 Å². The van der Waals surface area contributed by atoms with Gasteiger partial charge in [0.15, 0.2) is 0 Å². The second-order valence-corrected chi connectivity index (χ2v) is 5.01. The molecule has 1 amide bonds. The second kappa shape index (κ2) is 5.97. The zero-order valence-corrected chi connectivity index (χ0v) is 12.0. The van der Waals surface area contributed by atoms with Crippen LogP contribution in [-0.2, 0) is 4.79 Å². The molecule has 21 heavy (non-hydrogen) atoms. The number of benzene rings is 2. The number of amides is 1. The lowest BCUT2D eigenvalue weighted by atomic mass is 10.1. The molecule has 0 fully saturated rings. The van der Waals surface area contributed by atoms with Gasteiger partial charge in [0, 0.05) is 17.9 Å². The van der Waals surface area contributed by atoms with Gasteiger partial charge in [-0.3, -0.25) is 4.79 Å². The number of aromatic nitrogens is 2. The Bertz CT molecular complexity index is 749. The van der Waals surface area contributed by atoms with Gasteiger partial charge in [-0.2, -0.15) is 0 Å². The smallest absolute Gasteiger partial charge is 0.225 e. The molecule has 3 rings (SSSR count). The van der Waals surface area contributed by atoms with Gasteiger partial charge in [-0.25, -0.2) is 4.98 Å². The predicted molar refractivity (Wildman–Crippen MR) is 85.5 cm³/mol. The van der Waals surface area contributed by atoms with Gasteiger partial charge >= 0.3 is 0 Å². The number of hydrogen-bond acceptors (Lipinski definition) is 2. The van der Waals surface area contributed by atoms with E-state index in [9.17, 15) is 4.79 Å². The Morgan fingerprint density at radius 3 is 2.71 bits per heavy atom. The maximum absolute atomic E-state index is 11.7. The first-order valence-corrected chi connectivity index (χ1v) is 7.21. The zero-order chi connectivity index (χ0) is 14.7. The molecule has 0 aliphatic heterocycles. The summed E-state index contributed by atoms with van der Waals surface area (Å²) >= 11 is 5.59. The van der Waals surface area contributed by atoms with Crippen LogP contribution in [0.25, 0.3) is 22.4 Å². The van der Waals surface area contributed by atoms with Crippen molar-refractivity contribution in [1.29, 1.82) is 0 Å². The van der Waals surface area contributed by atoms with Gasteiger partial charge in [0.05, 0.1) is 16.7 Å².